The van der Waals surface area contributed by atoms with Gasteiger partial charge in [-0.1, -0.05) is 18.2 Å². The highest BCUT2D eigenvalue weighted by molar-refractivity contribution is 7.92. The molecule has 0 saturated heterocycles. The molecule has 0 unspecified atom stereocenters. The van der Waals surface area contributed by atoms with Crippen LogP contribution >= 0.6 is 0 Å². The lowest BCUT2D eigenvalue weighted by atomic mass is 10.1. The summed E-state index contributed by atoms with van der Waals surface area (Å²) in [7, 11) is -3.58. The summed E-state index contributed by atoms with van der Waals surface area (Å²) < 4.78 is 38.7. The van der Waals surface area contributed by atoms with Crippen LogP contribution in [0.3, 0.4) is 0 Å². The van der Waals surface area contributed by atoms with Gasteiger partial charge in [-0.15, -0.1) is 0 Å². The number of anilines is 1. The standard InChI is InChI=1S/C19H20FN3O3S/c1-27(25,26)23(17-8-6-15(14-21)7-9-17)13-11-19(24)22-12-10-16-4-2-3-5-18(16)20/h2-9H,10-13H2,1H3,(H,22,24). The van der Waals surface area contributed by atoms with E-state index in [9.17, 15) is 17.6 Å². The van der Waals surface area contributed by atoms with Gasteiger partial charge in [0.05, 0.1) is 23.6 Å². The first kappa shape index (κ1) is 20.4. The number of nitrogens with one attached hydrogen (secondary N) is 1. The van der Waals surface area contributed by atoms with Gasteiger partial charge in [-0.2, -0.15) is 5.26 Å². The molecule has 1 amide bonds. The average molecular weight is 389 g/mol. The maximum Gasteiger partial charge on any atom is 0.232 e. The summed E-state index contributed by atoms with van der Waals surface area (Å²) in [6, 6.07) is 14.4. The molecule has 0 aliphatic rings. The third-order valence-electron chi connectivity index (χ3n) is 3.90. The van der Waals surface area contributed by atoms with Gasteiger partial charge in [0, 0.05) is 19.5 Å². The van der Waals surface area contributed by atoms with Crippen LogP contribution in [0.4, 0.5) is 10.1 Å². The minimum absolute atomic E-state index is 0.0315. The maximum atomic E-state index is 13.5. The topological polar surface area (TPSA) is 90.3 Å². The van der Waals surface area contributed by atoms with Gasteiger partial charge < -0.3 is 5.32 Å². The van der Waals surface area contributed by atoms with Crippen LogP contribution in [0, 0.1) is 17.1 Å². The van der Waals surface area contributed by atoms with Crippen molar-refractivity contribution in [2.24, 2.45) is 0 Å². The molecule has 0 atom stereocenters. The van der Waals surface area contributed by atoms with Crippen LogP contribution < -0.4 is 9.62 Å². The second-order valence-corrected chi connectivity index (χ2v) is 7.84. The molecule has 0 radical (unpaired) electrons. The summed E-state index contributed by atoms with van der Waals surface area (Å²) in [5.74, 6) is -0.649. The van der Waals surface area contributed by atoms with Crippen molar-refractivity contribution < 1.29 is 17.6 Å². The quantitative estimate of drug-likeness (QED) is 0.749. The predicted octanol–water partition coefficient (Wildman–Crippen LogP) is 2.21. The number of rotatable bonds is 8. The Morgan fingerprint density at radius 3 is 2.44 bits per heavy atom. The SMILES string of the molecule is CS(=O)(=O)N(CCC(=O)NCCc1ccccc1F)c1ccc(C#N)cc1. The molecule has 2 aromatic rings. The fourth-order valence-corrected chi connectivity index (χ4v) is 3.45. The number of carbonyl (C=O) groups is 1. The lowest BCUT2D eigenvalue weighted by Crippen LogP contribution is -2.35. The van der Waals surface area contributed by atoms with E-state index in [0.717, 1.165) is 10.6 Å². The molecule has 0 spiro atoms. The highest BCUT2D eigenvalue weighted by Gasteiger charge is 2.18. The monoisotopic (exact) mass is 389 g/mol. The van der Waals surface area contributed by atoms with Crippen molar-refractivity contribution in [3.05, 3.63) is 65.5 Å². The van der Waals surface area contributed by atoms with Gasteiger partial charge in [-0.25, -0.2) is 12.8 Å². The van der Waals surface area contributed by atoms with Crippen molar-refractivity contribution in [2.75, 3.05) is 23.7 Å². The molecule has 0 fully saturated rings. The second-order valence-electron chi connectivity index (χ2n) is 5.94. The molecule has 0 aliphatic heterocycles. The Morgan fingerprint density at radius 2 is 1.85 bits per heavy atom. The van der Waals surface area contributed by atoms with Crippen LogP contribution in [0.5, 0.6) is 0 Å². The predicted molar refractivity (Wildman–Crippen MR) is 101 cm³/mol. The van der Waals surface area contributed by atoms with Crippen molar-refractivity contribution >= 4 is 21.6 Å². The summed E-state index contributed by atoms with van der Waals surface area (Å²) in [6.45, 7) is 0.228. The van der Waals surface area contributed by atoms with E-state index in [0.29, 0.717) is 23.2 Å². The molecule has 0 aromatic heterocycles. The van der Waals surface area contributed by atoms with Crippen LogP contribution in [0.15, 0.2) is 48.5 Å². The van der Waals surface area contributed by atoms with Gasteiger partial charge in [0.2, 0.25) is 15.9 Å². The Kier molecular flexibility index (Phi) is 6.91. The van der Waals surface area contributed by atoms with E-state index >= 15 is 0 Å². The van der Waals surface area contributed by atoms with Crippen molar-refractivity contribution in [2.45, 2.75) is 12.8 Å². The third-order valence-corrected chi connectivity index (χ3v) is 5.10. The maximum absolute atomic E-state index is 13.5. The zero-order valence-corrected chi connectivity index (χ0v) is 15.7. The summed E-state index contributed by atoms with van der Waals surface area (Å²) in [5.41, 5.74) is 1.31. The smallest absolute Gasteiger partial charge is 0.232 e. The molecule has 6 nitrogen and oxygen atoms in total. The normalized spacial score (nSPS) is 10.9. The van der Waals surface area contributed by atoms with Crippen LogP contribution in [0.1, 0.15) is 17.5 Å². The summed E-state index contributed by atoms with van der Waals surface area (Å²) in [4.78, 5) is 12.0. The lowest BCUT2D eigenvalue weighted by Gasteiger charge is -2.22. The minimum atomic E-state index is -3.58. The minimum Gasteiger partial charge on any atom is -0.356 e. The first-order chi connectivity index (χ1) is 12.8. The number of halogens is 1. The van der Waals surface area contributed by atoms with Crippen molar-refractivity contribution in [1.82, 2.24) is 5.32 Å². The average Bonchev–Trinajstić information content (AvgIpc) is 2.63. The highest BCUT2D eigenvalue weighted by Crippen LogP contribution is 2.18. The highest BCUT2D eigenvalue weighted by atomic mass is 32.2. The van der Waals surface area contributed by atoms with Crippen molar-refractivity contribution in [1.29, 1.82) is 5.26 Å². The van der Waals surface area contributed by atoms with E-state index in [4.69, 9.17) is 5.26 Å². The first-order valence-corrected chi connectivity index (χ1v) is 10.1. The summed E-state index contributed by atoms with van der Waals surface area (Å²) >= 11 is 0. The van der Waals surface area contributed by atoms with Gasteiger partial charge in [-0.3, -0.25) is 9.10 Å². The second kappa shape index (κ2) is 9.14. The first-order valence-electron chi connectivity index (χ1n) is 8.29. The number of benzene rings is 2. The Morgan fingerprint density at radius 1 is 1.19 bits per heavy atom. The number of nitrogens with zero attached hydrogens (tertiary/aromatic N) is 2. The summed E-state index contributed by atoms with van der Waals surface area (Å²) in [5, 5.41) is 11.5. The number of hydrogen-bond donors (Lipinski definition) is 1. The molecular weight excluding hydrogens is 369 g/mol. The fourth-order valence-electron chi connectivity index (χ4n) is 2.52. The zero-order valence-electron chi connectivity index (χ0n) is 14.9. The van der Waals surface area contributed by atoms with Crippen LogP contribution in [0.25, 0.3) is 0 Å². The van der Waals surface area contributed by atoms with Crippen LogP contribution in [-0.4, -0.2) is 33.7 Å². The fraction of sp³-hybridized carbons (Fsp3) is 0.263. The molecule has 2 rings (SSSR count). The van der Waals surface area contributed by atoms with Gasteiger partial charge in [0.1, 0.15) is 5.82 Å². The Balaban J connectivity index is 1.91. The van der Waals surface area contributed by atoms with Crippen molar-refractivity contribution in [3.63, 3.8) is 0 Å². The largest absolute Gasteiger partial charge is 0.356 e. The van der Waals surface area contributed by atoms with E-state index in [1.54, 1.807) is 18.2 Å². The molecule has 1 N–H and O–H groups in total. The third kappa shape index (κ3) is 6.08. The molecule has 0 heterocycles. The van der Waals surface area contributed by atoms with Gasteiger partial charge in [0.25, 0.3) is 0 Å². The van der Waals surface area contributed by atoms with E-state index in [-0.39, 0.29) is 31.2 Å². The van der Waals surface area contributed by atoms with Crippen molar-refractivity contribution in [3.8, 4) is 6.07 Å². The number of hydrogen-bond acceptors (Lipinski definition) is 4. The molecule has 8 heteroatoms. The molecule has 2 aromatic carbocycles. The number of sulfonamides is 1. The van der Waals surface area contributed by atoms with Crippen LogP contribution in [-0.2, 0) is 21.2 Å². The molecular formula is C19H20FN3O3S. The Bertz CT molecular complexity index is 937. The lowest BCUT2D eigenvalue weighted by molar-refractivity contribution is -0.120. The Hall–Kier alpha value is -2.92. The van der Waals surface area contributed by atoms with E-state index < -0.39 is 10.0 Å². The zero-order chi connectivity index (χ0) is 19.9. The molecule has 0 aliphatic carbocycles. The number of carbonyl (C=O) groups excluding carboxylic acids is 1. The number of amides is 1. The molecule has 0 bridgehead atoms. The van der Waals surface area contributed by atoms with E-state index in [2.05, 4.69) is 5.32 Å². The van der Waals surface area contributed by atoms with E-state index in [1.165, 1.54) is 30.3 Å². The Labute approximate surface area is 158 Å². The van der Waals surface area contributed by atoms with Gasteiger partial charge >= 0.3 is 0 Å². The molecule has 142 valence electrons. The van der Waals surface area contributed by atoms with Crippen LogP contribution in [0.2, 0.25) is 0 Å². The molecule has 0 saturated carbocycles. The number of nitriles is 1. The van der Waals surface area contributed by atoms with Gasteiger partial charge in [0.15, 0.2) is 0 Å². The summed E-state index contributed by atoms with van der Waals surface area (Å²) in [6.07, 6.45) is 1.37. The molecule has 27 heavy (non-hydrogen) atoms. The van der Waals surface area contributed by atoms with Gasteiger partial charge in [-0.05, 0) is 42.3 Å². The van der Waals surface area contributed by atoms with E-state index in [1.807, 2.05) is 6.07 Å².